The maximum Gasteiger partial charge on any atom is 0.307 e. The molecule has 1 unspecified atom stereocenters. The first-order valence-corrected chi connectivity index (χ1v) is 28.5. The second kappa shape index (κ2) is 32.6. The average Bonchev–Trinajstić information content (AvgIpc) is 3.74. The van der Waals surface area contributed by atoms with Crippen LogP contribution in [0.5, 0.6) is 23.0 Å². The molecule has 0 saturated carbocycles. The molecule has 0 aliphatic heterocycles. The van der Waals surface area contributed by atoms with Crippen molar-refractivity contribution in [3.63, 3.8) is 0 Å². The van der Waals surface area contributed by atoms with Gasteiger partial charge in [-0.1, -0.05) is 140 Å². The van der Waals surface area contributed by atoms with E-state index in [1.165, 1.54) is 128 Å². The van der Waals surface area contributed by atoms with Crippen LogP contribution in [-0.2, 0) is 24.3 Å². The molecule has 0 fully saturated rings. The normalized spacial score (nSPS) is 11.7. The molecule has 5 N–H and O–H groups in total. The molecule has 3 aromatic carbocycles. The number of nitrogens with two attached hydrogens (primary N) is 1. The Labute approximate surface area is 449 Å². The van der Waals surface area contributed by atoms with E-state index in [2.05, 4.69) is 137 Å². The van der Waals surface area contributed by atoms with E-state index in [-0.39, 0.29) is 18.5 Å². The standard InChI is InChI=1S/C51H72I4N6O5/c1-3-4-5-21-24-39(65-40-28-26-37(27-29-40)35-58-51(56)57)25-22-19-17-15-13-11-9-7-6-8-10-12-14-16-18-20-23-30-61-36-44(59-60-61)47-41(52)34-45(50(64-2)48(47)55)66-49-42(53)31-38(32-43(49)54)33-46(62)63/h26-29,31-32,34,36,39H,3-25,30,33,35H2,1-2H3,(H,62,63)(H4,56,57,58). The van der Waals surface area contributed by atoms with Crippen molar-refractivity contribution < 1.29 is 24.1 Å². The number of benzene rings is 3. The van der Waals surface area contributed by atoms with E-state index in [1.54, 1.807) is 7.11 Å². The summed E-state index contributed by atoms with van der Waals surface area (Å²) >= 11 is 9.00. The highest BCUT2D eigenvalue weighted by molar-refractivity contribution is 14.1. The second-order valence-corrected chi connectivity index (χ2v) is 21.9. The number of rotatable bonds is 35. The molecule has 4 aromatic rings. The lowest BCUT2D eigenvalue weighted by Gasteiger charge is -2.20. The molecule has 11 nitrogen and oxygen atoms in total. The first-order valence-electron chi connectivity index (χ1n) is 24.2. The summed E-state index contributed by atoms with van der Waals surface area (Å²) in [5.41, 5.74) is 9.03. The minimum atomic E-state index is -0.862. The van der Waals surface area contributed by atoms with Crippen LogP contribution in [-0.4, -0.2) is 45.2 Å². The largest absolute Gasteiger partial charge is 0.492 e. The molecule has 364 valence electrons. The van der Waals surface area contributed by atoms with Crippen molar-refractivity contribution in [2.75, 3.05) is 7.11 Å². The molecule has 0 bridgehead atoms. The fourth-order valence-corrected chi connectivity index (χ4v) is 12.6. The number of hydrogen-bond donors (Lipinski definition) is 4. The van der Waals surface area contributed by atoms with Gasteiger partial charge in [0.1, 0.15) is 11.4 Å². The number of carboxylic acids is 1. The SMILES string of the molecule is CCCCCCC(CCCCCCCCCCCCCCCCCCCn1cc(-c2c(I)cc(Oc3c(I)cc(CC(=O)O)cc3I)c(OC)c2I)nn1)Oc1ccc(CNC(=N)N)cc1. The highest BCUT2D eigenvalue weighted by Crippen LogP contribution is 2.45. The summed E-state index contributed by atoms with van der Waals surface area (Å²) in [6.45, 7) is 3.68. The Hall–Kier alpha value is -2.14. The Kier molecular flexibility index (Phi) is 27.9. The van der Waals surface area contributed by atoms with E-state index in [9.17, 15) is 9.90 Å². The van der Waals surface area contributed by atoms with Crippen LogP contribution in [0.2, 0.25) is 0 Å². The number of aromatic nitrogens is 3. The van der Waals surface area contributed by atoms with Gasteiger partial charge in [-0.2, -0.15) is 0 Å². The number of unbranched alkanes of at least 4 members (excludes halogenated alkanes) is 19. The van der Waals surface area contributed by atoms with Crippen LogP contribution in [0.15, 0.2) is 48.7 Å². The lowest BCUT2D eigenvalue weighted by molar-refractivity contribution is -0.136. The quantitative estimate of drug-likeness (QED) is 0.0152. The number of aryl methyl sites for hydroxylation is 1. The van der Waals surface area contributed by atoms with Crippen molar-refractivity contribution in [1.29, 1.82) is 5.41 Å². The van der Waals surface area contributed by atoms with Gasteiger partial charge in [0.25, 0.3) is 0 Å². The summed E-state index contributed by atoms with van der Waals surface area (Å²) in [4.78, 5) is 11.2. The fourth-order valence-electron chi connectivity index (χ4n) is 8.13. The molecule has 0 amide bonds. The minimum absolute atomic E-state index is 0.00733. The second-order valence-electron chi connectivity index (χ2n) is 17.3. The van der Waals surface area contributed by atoms with E-state index in [1.807, 2.05) is 29.1 Å². The van der Waals surface area contributed by atoms with Crippen molar-refractivity contribution in [1.82, 2.24) is 20.3 Å². The number of hydrogen-bond acceptors (Lipinski definition) is 7. The fraction of sp³-hybridized carbons (Fsp3) is 0.569. The van der Waals surface area contributed by atoms with Crippen LogP contribution in [0.25, 0.3) is 11.3 Å². The molecule has 1 heterocycles. The van der Waals surface area contributed by atoms with E-state index >= 15 is 0 Å². The maximum atomic E-state index is 11.2. The monoisotopic (exact) mass is 1360 g/mol. The summed E-state index contributed by atoms with van der Waals surface area (Å²) in [6.07, 6.45) is 32.0. The lowest BCUT2D eigenvalue weighted by Crippen LogP contribution is -2.29. The number of aliphatic carboxylic acids is 1. The zero-order valence-electron chi connectivity index (χ0n) is 39.1. The van der Waals surface area contributed by atoms with Crippen LogP contribution >= 0.6 is 90.4 Å². The summed E-state index contributed by atoms with van der Waals surface area (Å²) < 4.78 is 24.2. The molecule has 1 atom stereocenters. The van der Waals surface area contributed by atoms with Gasteiger partial charge in [-0.15, -0.1) is 5.10 Å². The van der Waals surface area contributed by atoms with Crippen LogP contribution in [0.3, 0.4) is 0 Å². The van der Waals surface area contributed by atoms with Gasteiger partial charge in [0, 0.05) is 22.2 Å². The zero-order chi connectivity index (χ0) is 47.5. The minimum Gasteiger partial charge on any atom is -0.492 e. The number of guanidine groups is 1. The van der Waals surface area contributed by atoms with Gasteiger partial charge in [0.05, 0.1) is 36.5 Å². The molecule has 66 heavy (non-hydrogen) atoms. The maximum absolute atomic E-state index is 11.2. The molecule has 4 rings (SSSR count). The number of nitrogens with zero attached hydrogens (tertiary/aromatic N) is 3. The predicted octanol–water partition coefficient (Wildman–Crippen LogP) is 15.2. The topological polar surface area (TPSA) is 158 Å². The van der Waals surface area contributed by atoms with Gasteiger partial charge in [-0.25, -0.2) is 0 Å². The number of ether oxygens (including phenoxy) is 3. The molecular formula is C51H72I4N6O5. The van der Waals surface area contributed by atoms with E-state index in [0.717, 1.165) is 68.2 Å². The number of carboxylic acid groups (broad SMARTS) is 1. The first-order chi connectivity index (χ1) is 32.0. The van der Waals surface area contributed by atoms with Gasteiger partial charge in [0.2, 0.25) is 0 Å². The molecule has 1 aromatic heterocycles. The molecule has 0 radical (unpaired) electrons. The summed E-state index contributed by atoms with van der Waals surface area (Å²) in [7, 11) is 1.64. The van der Waals surface area contributed by atoms with E-state index in [0.29, 0.717) is 23.8 Å². The number of halogens is 4. The third kappa shape index (κ3) is 21.2. The van der Waals surface area contributed by atoms with E-state index in [4.69, 9.17) is 25.4 Å². The van der Waals surface area contributed by atoms with Crippen LogP contribution < -0.4 is 25.3 Å². The van der Waals surface area contributed by atoms with Crippen molar-refractivity contribution in [2.45, 2.75) is 180 Å². The number of carbonyl (C=O) groups is 1. The van der Waals surface area contributed by atoms with Crippen molar-refractivity contribution in [3.8, 4) is 34.3 Å². The van der Waals surface area contributed by atoms with E-state index < -0.39 is 5.97 Å². The third-order valence-corrected chi connectivity index (χ3v) is 15.2. The third-order valence-electron chi connectivity index (χ3n) is 11.8. The highest BCUT2D eigenvalue weighted by Gasteiger charge is 2.23. The van der Waals surface area contributed by atoms with Gasteiger partial charge >= 0.3 is 5.97 Å². The van der Waals surface area contributed by atoms with Gasteiger partial charge in [0.15, 0.2) is 23.2 Å². The Morgan fingerprint density at radius 2 is 1.27 bits per heavy atom. The Morgan fingerprint density at radius 3 is 1.79 bits per heavy atom. The highest BCUT2D eigenvalue weighted by atomic mass is 127. The van der Waals surface area contributed by atoms with Gasteiger partial charge in [-0.3, -0.25) is 14.9 Å². The summed E-state index contributed by atoms with van der Waals surface area (Å²) in [5.74, 6) is 1.96. The Balaban J connectivity index is 1.01. The molecular weight excluding hydrogens is 1280 g/mol. The van der Waals surface area contributed by atoms with Gasteiger partial charge < -0.3 is 30.4 Å². The van der Waals surface area contributed by atoms with Gasteiger partial charge in [-0.05, 0) is 164 Å². The van der Waals surface area contributed by atoms with Crippen LogP contribution in [0.1, 0.15) is 166 Å². The molecule has 0 saturated heterocycles. The molecule has 0 spiro atoms. The zero-order valence-corrected chi connectivity index (χ0v) is 47.7. The molecule has 0 aliphatic carbocycles. The number of nitrogens with one attached hydrogen (secondary N) is 2. The van der Waals surface area contributed by atoms with Crippen molar-refractivity contribution in [3.05, 3.63) is 74.1 Å². The van der Waals surface area contributed by atoms with Crippen molar-refractivity contribution >= 4 is 102 Å². The molecule has 15 heteroatoms. The Morgan fingerprint density at radius 1 is 0.742 bits per heavy atom. The summed E-state index contributed by atoms with van der Waals surface area (Å²) in [5, 5.41) is 28.4. The predicted molar refractivity (Wildman–Crippen MR) is 302 cm³/mol. The lowest BCUT2D eigenvalue weighted by atomic mass is 10.0. The first kappa shape index (κ1) is 56.4. The average molecular weight is 1360 g/mol. The van der Waals surface area contributed by atoms with Crippen LogP contribution in [0, 0.1) is 19.7 Å². The van der Waals surface area contributed by atoms with Crippen LogP contribution in [0.4, 0.5) is 0 Å². The summed E-state index contributed by atoms with van der Waals surface area (Å²) in [6, 6.07) is 13.9. The Bertz CT molecular complexity index is 2030. The smallest absolute Gasteiger partial charge is 0.307 e. The van der Waals surface area contributed by atoms with Crippen molar-refractivity contribution in [2.24, 2.45) is 5.73 Å². The number of methoxy groups -OCH3 is 1. The molecule has 0 aliphatic rings.